The van der Waals surface area contributed by atoms with E-state index in [4.69, 9.17) is 10.5 Å². The average Bonchev–Trinajstić information content (AvgIpc) is 2.99. The summed E-state index contributed by atoms with van der Waals surface area (Å²) in [5, 5.41) is 9.84. The van der Waals surface area contributed by atoms with Crippen molar-refractivity contribution in [3.8, 4) is 11.4 Å². The summed E-state index contributed by atoms with van der Waals surface area (Å²) in [5.74, 6) is 2.73. The van der Waals surface area contributed by atoms with Gasteiger partial charge >= 0.3 is 0 Å². The quantitative estimate of drug-likeness (QED) is 0.554. The maximum absolute atomic E-state index is 5.61. The monoisotopic (exact) mass is 349 g/mol. The van der Waals surface area contributed by atoms with Crippen LogP contribution in [0.2, 0.25) is 0 Å². The number of thioether (sulfide) groups is 1. The first-order chi connectivity index (χ1) is 11.6. The van der Waals surface area contributed by atoms with Gasteiger partial charge in [0.1, 0.15) is 5.75 Å². The Morgan fingerprint density at radius 1 is 1.25 bits per heavy atom. The lowest BCUT2D eigenvalue weighted by atomic mass is 10.2. The molecule has 0 aliphatic rings. The minimum atomic E-state index is 0.212. The summed E-state index contributed by atoms with van der Waals surface area (Å²) in [5.41, 5.74) is 6.66. The molecule has 0 saturated heterocycles. The van der Waals surface area contributed by atoms with Gasteiger partial charge in [0, 0.05) is 11.4 Å². The van der Waals surface area contributed by atoms with E-state index < -0.39 is 0 Å². The van der Waals surface area contributed by atoms with Gasteiger partial charge < -0.3 is 10.5 Å². The fourth-order valence-corrected chi connectivity index (χ4v) is 3.51. The molecule has 0 spiro atoms. The molecule has 0 aliphatic carbocycles. The van der Waals surface area contributed by atoms with Gasteiger partial charge in [0.05, 0.1) is 13.2 Å². The second kappa shape index (κ2) is 9.05. The van der Waals surface area contributed by atoms with E-state index in [1.807, 2.05) is 24.3 Å². The fraction of sp³-hybridized carbons (Fsp3) is 0.529. The molecule has 2 aromatic rings. The van der Waals surface area contributed by atoms with Gasteiger partial charge in [0.25, 0.3) is 0 Å². The normalized spacial score (nSPS) is 12.6. The molecule has 0 radical (unpaired) electrons. The van der Waals surface area contributed by atoms with Gasteiger partial charge in [-0.05, 0) is 57.7 Å². The van der Waals surface area contributed by atoms with E-state index in [9.17, 15) is 0 Å². The van der Waals surface area contributed by atoms with Crippen molar-refractivity contribution in [2.75, 3.05) is 33.5 Å². The van der Waals surface area contributed by atoms with Gasteiger partial charge in [-0.25, -0.2) is 0 Å². The molecule has 7 heteroatoms. The van der Waals surface area contributed by atoms with Crippen LogP contribution in [0.15, 0.2) is 29.4 Å². The summed E-state index contributed by atoms with van der Waals surface area (Å²) >= 11 is 1.70. The summed E-state index contributed by atoms with van der Waals surface area (Å²) in [7, 11) is 5.82. The van der Waals surface area contributed by atoms with Crippen LogP contribution < -0.4 is 10.5 Å². The lowest BCUT2D eigenvalue weighted by molar-refractivity contribution is 0.276. The van der Waals surface area contributed by atoms with E-state index >= 15 is 0 Å². The average molecular weight is 350 g/mol. The van der Waals surface area contributed by atoms with Crippen molar-refractivity contribution in [1.29, 1.82) is 0 Å². The predicted molar refractivity (Wildman–Crippen MR) is 99.0 cm³/mol. The molecular weight excluding hydrogens is 322 g/mol. The third-order valence-corrected chi connectivity index (χ3v) is 4.89. The lowest BCUT2D eigenvalue weighted by Crippen LogP contribution is -2.22. The third kappa shape index (κ3) is 4.28. The number of methoxy groups -OCH3 is 1. The maximum atomic E-state index is 5.61. The Bertz CT molecular complexity index is 626. The number of hydrogen-bond donors (Lipinski definition) is 1. The van der Waals surface area contributed by atoms with E-state index in [1.165, 1.54) is 0 Å². The predicted octanol–water partition coefficient (Wildman–Crippen LogP) is 2.73. The van der Waals surface area contributed by atoms with E-state index in [2.05, 4.69) is 40.7 Å². The fourth-order valence-electron chi connectivity index (χ4n) is 2.59. The SMILES string of the molecule is CCC(c1nnc(SCCCN)n1-c1ccc(OC)cc1)N(C)C. The second-order valence-electron chi connectivity index (χ2n) is 5.75. The molecule has 1 unspecified atom stereocenters. The van der Waals surface area contributed by atoms with Gasteiger partial charge in [0.15, 0.2) is 11.0 Å². The van der Waals surface area contributed by atoms with Crippen molar-refractivity contribution in [3.05, 3.63) is 30.1 Å². The molecule has 1 atom stereocenters. The van der Waals surface area contributed by atoms with Crippen LogP contribution in [0.4, 0.5) is 0 Å². The first-order valence-electron chi connectivity index (χ1n) is 8.21. The number of hydrogen-bond acceptors (Lipinski definition) is 6. The second-order valence-corrected chi connectivity index (χ2v) is 6.81. The summed E-state index contributed by atoms with van der Waals surface area (Å²) < 4.78 is 7.41. The number of nitrogens with two attached hydrogens (primary N) is 1. The van der Waals surface area contributed by atoms with Crippen molar-refractivity contribution in [3.63, 3.8) is 0 Å². The van der Waals surface area contributed by atoms with Crippen LogP contribution in [-0.2, 0) is 0 Å². The number of benzene rings is 1. The number of ether oxygens (including phenoxy) is 1. The molecule has 0 bridgehead atoms. The molecule has 132 valence electrons. The molecule has 0 aliphatic heterocycles. The summed E-state index contributed by atoms with van der Waals surface area (Å²) in [6, 6.07) is 8.22. The highest BCUT2D eigenvalue weighted by Crippen LogP contribution is 2.29. The Kier molecular flexibility index (Phi) is 7.08. The smallest absolute Gasteiger partial charge is 0.195 e. The number of rotatable bonds is 9. The van der Waals surface area contributed by atoms with Crippen LogP contribution in [0, 0.1) is 0 Å². The van der Waals surface area contributed by atoms with Crippen LogP contribution in [0.5, 0.6) is 5.75 Å². The molecule has 24 heavy (non-hydrogen) atoms. The topological polar surface area (TPSA) is 69.2 Å². The molecular formula is C17H27N5OS. The van der Waals surface area contributed by atoms with E-state index in [1.54, 1.807) is 18.9 Å². The molecule has 2 N–H and O–H groups in total. The maximum Gasteiger partial charge on any atom is 0.195 e. The third-order valence-electron chi connectivity index (χ3n) is 3.88. The molecule has 1 aromatic heterocycles. The minimum Gasteiger partial charge on any atom is -0.497 e. The standard InChI is InChI=1S/C17H27N5OS/c1-5-15(21(2)3)16-19-20-17(24-12-6-11-18)22(16)13-7-9-14(23-4)10-8-13/h7-10,15H,5-6,11-12,18H2,1-4H3. The molecule has 0 fully saturated rings. The largest absolute Gasteiger partial charge is 0.497 e. The van der Waals surface area contributed by atoms with Gasteiger partial charge in [-0.15, -0.1) is 10.2 Å². The Hall–Kier alpha value is -1.57. The number of nitrogens with zero attached hydrogens (tertiary/aromatic N) is 4. The van der Waals surface area contributed by atoms with Crippen molar-refractivity contribution >= 4 is 11.8 Å². The molecule has 6 nitrogen and oxygen atoms in total. The van der Waals surface area contributed by atoms with Crippen LogP contribution in [0.25, 0.3) is 5.69 Å². The van der Waals surface area contributed by atoms with Crippen LogP contribution in [0.1, 0.15) is 31.6 Å². The zero-order chi connectivity index (χ0) is 17.5. The van der Waals surface area contributed by atoms with Crippen LogP contribution >= 0.6 is 11.8 Å². The Morgan fingerprint density at radius 3 is 2.50 bits per heavy atom. The van der Waals surface area contributed by atoms with E-state index in [-0.39, 0.29) is 6.04 Å². The van der Waals surface area contributed by atoms with Gasteiger partial charge in [-0.3, -0.25) is 9.47 Å². The highest BCUT2D eigenvalue weighted by Gasteiger charge is 2.23. The molecule has 2 rings (SSSR count). The highest BCUT2D eigenvalue weighted by molar-refractivity contribution is 7.99. The first kappa shape index (κ1) is 18.8. The van der Waals surface area contributed by atoms with Crippen molar-refractivity contribution in [1.82, 2.24) is 19.7 Å². The zero-order valence-electron chi connectivity index (χ0n) is 14.9. The van der Waals surface area contributed by atoms with Gasteiger partial charge in [-0.2, -0.15) is 0 Å². The molecule has 1 heterocycles. The number of aromatic nitrogens is 3. The van der Waals surface area contributed by atoms with Crippen molar-refractivity contribution in [2.45, 2.75) is 31.0 Å². The van der Waals surface area contributed by atoms with Crippen molar-refractivity contribution in [2.24, 2.45) is 5.73 Å². The molecule has 0 saturated carbocycles. The highest BCUT2D eigenvalue weighted by atomic mass is 32.2. The molecule has 0 amide bonds. The van der Waals surface area contributed by atoms with Gasteiger partial charge in [-0.1, -0.05) is 18.7 Å². The Balaban J connectivity index is 2.43. The Morgan fingerprint density at radius 2 is 1.96 bits per heavy atom. The lowest BCUT2D eigenvalue weighted by Gasteiger charge is -2.23. The summed E-state index contributed by atoms with van der Waals surface area (Å²) in [4.78, 5) is 2.18. The van der Waals surface area contributed by atoms with E-state index in [0.717, 1.165) is 41.0 Å². The zero-order valence-corrected chi connectivity index (χ0v) is 15.7. The van der Waals surface area contributed by atoms with Gasteiger partial charge in [0.2, 0.25) is 0 Å². The summed E-state index contributed by atoms with van der Waals surface area (Å²) in [6.07, 6.45) is 1.93. The molecule has 1 aromatic carbocycles. The minimum absolute atomic E-state index is 0.212. The van der Waals surface area contributed by atoms with Crippen LogP contribution in [0.3, 0.4) is 0 Å². The van der Waals surface area contributed by atoms with E-state index in [0.29, 0.717) is 6.54 Å². The summed E-state index contributed by atoms with van der Waals surface area (Å²) in [6.45, 7) is 2.85. The van der Waals surface area contributed by atoms with Crippen LogP contribution in [-0.4, -0.2) is 53.2 Å². The van der Waals surface area contributed by atoms with Crippen molar-refractivity contribution < 1.29 is 4.74 Å². The first-order valence-corrected chi connectivity index (χ1v) is 9.20. The Labute approximate surface area is 148 Å².